The molecular formula is C20H22O8. The number of carbonyl (C=O) groups excluding carboxylic acids is 2. The third-order valence-electron chi connectivity index (χ3n) is 7.44. The zero-order chi connectivity index (χ0) is 19.9. The topological polar surface area (TPSA) is 126 Å². The van der Waals surface area contributed by atoms with E-state index < -0.39 is 52.6 Å². The zero-order valence-electron chi connectivity index (χ0n) is 15.3. The highest BCUT2D eigenvalue weighted by molar-refractivity contribution is 5.93. The van der Waals surface area contributed by atoms with E-state index in [-0.39, 0.29) is 25.9 Å². The molecule has 1 aromatic rings. The van der Waals surface area contributed by atoms with Gasteiger partial charge in [-0.05, 0) is 25.3 Å². The number of furan rings is 1. The molecular weight excluding hydrogens is 368 g/mol. The van der Waals surface area contributed by atoms with Gasteiger partial charge in [-0.15, -0.1) is 0 Å². The molecule has 1 aromatic heterocycles. The maximum absolute atomic E-state index is 12.9. The van der Waals surface area contributed by atoms with Crippen molar-refractivity contribution in [1.29, 1.82) is 0 Å². The summed E-state index contributed by atoms with van der Waals surface area (Å²) in [6.45, 7) is 1.69. The number of carbonyl (C=O) groups is 2. The van der Waals surface area contributed by atoms with E-state index in [1.54, 1.807) is 19.1 Å². The average molecular weight is 390 g/mol. The van der Waals surface area contributed by atoms with E-state index in [1.807, 2.05) is 0 Å². The number of ether oxygens (including phenoxy) is 2. The molecule has 5 rings (SSSR count). The van der Waals surface area contributed by atoms with E-state index in [0.29, 0.717) is 11.1 Å². The van der Waals surface area contributed by atoms with Crippen molar-refractivity contribution in [1.82, 2.24) is 0 Å². The lowest BCUT2D eigenvalue weighted by atomic mass is 9.42. The van der Waals surface area contributed by atoms with Crippen LogP contribution < -0.4 is 0 Å². The molecule has 150 valence electrons. The fourth-order valence-corrected chi connectivity index (χ4v) is 6.22. The summed E-state index contributed by atoms with van der Waals surface area (Å²) in [4.78, 5) is 25.3. The summed E-state index contributed by atoms with van der Waals surface area (Å²) >= 11 is 0. The van der Waals surface area contributed by atoms with Crippen LogP contribution >= 0.6 is 0 Å². The summed E-state index contributed by atoms with van der Waals surface area (Å²) < 4.78 is 15.9. The Morgan fingerprint density at radius 1 is 1.21 bits per heavy atom. The van der Waals surface area contributed by atoms with Crippen LogP contribution in [0, 0.1) is 16.7 Å². The summed E-state index contributed by atoms with van der Waals surface area (Å²) in [7, 11) is 0. The van der Waals surface area contributed by atoms with Gasteiger partial charge >= 0.3 is 11.9 Å². The van der Waals surface area contributed by atoms with Gasteiger partial charge in [0.15, 0.2) is 5.60 Å². The van der Waals surface area contributed by atoms with Gasteiger partial charge in [0.05, 0.1) is 24.7 Å². The van der Waals surface area contributed by atoms with Crippen LogP contribution in [0.4, 0.5) is 0 Å². The highest BCUT2D eigenvalue weighted by Gasteiger charge is 2.76. The molecule has 0 radical (unpaired) electrons. The van der Waals surface area contributed by atoms with E-state index in [0.717, 1.165) is 0 Å². The summed E-state index contributed by atoms with van der Waals surface area (Å²) in [5.74, 6) is -2.06. The monoisotopic (exact) mass is 390 g/mol. The van der Waals surface area contributed by atoms with Crippen LogP contribution in [0.25, 0.3) is 0 Å². The molecule has 3 heterocycles. The average Bonchev–Trinajstić information content (AvgIpc) is 3.27. The van der Waals surface area contributed by atoms with Crippen molar-refractivity contribution in [2.45, 2.75) is 50.1 Å². The largest absolute Gasteiger partial charge is 0.472 e. The van der Waals surface area contributed by atoms with Gasteiger partial charge in [-0.1, -0.05) is 13.0 Å². The minimum atomic E-state index is -2.20. The molecule has 4 aliphatic rings. The van der Waals surface area contributed by atoms with Gasteiger partial charge in [-0.25, -0.2) is 9.59 Å². The SMILES string of the molecule is C[C@]12C[C@H](c3ccoc3)OC(=O)[C@@]1(O)[C@@H](O)C[C@@]13COC(=O)C1=CCC(O)C32. The first-order valence-electron chi connectivity index (χ1n) is 9.43. The third kappa shape index (κ3) is 1.90. The lowest BCUT2D eigenvalue weighted by Crippen LogP contribution is -2.74. The predicted octanol–water partition coefficient (Wildman–Crippen LogP) is 0.620. The van der Waals surface area contributed by atoms with Crippen LogP contribution in [0.3, 0.4) is 0 Å². The van der Waals surface area contributed by atoms with Crippen molar-refractivity contribution in [3.8, 4) is 0 Å². The van der Waals surface area contributed by atoms with Crippen molar-refractivity contribution in [3.05, 3.63) is 35.8 Å². The van der Waals surface area contributed by atoms with Gasteiger partial charge in [0.2, 0.25) is 0 Å². The standard InChI is InChI=1S/C20H22O8/c1-18-6-13(10-4-5-26-8-10)28-17(24)20(18,25)14(22)7-19-9-27-16(23)11(19)2-3-12(21)15(18)19/h2,4-5,8,12-15,21-22,25H,3,6-7,9H2,1H3/t12?,13-,14+,15?,18-,19-,20+/m1/s1. The van der Waals surface area contributed by atoms with Gasteiger partial charge in [-0.3, -0.25) is 0 Å². The second-order valence-electron chi connectivity index (χ2n) is 8.69. The smallest absolute Gasteiger partial charge is 0.342 e. The van der Waals surface area contributed by atoms with Crippen molar-refractivity contribution in [2.75, 3.05) is 6.61 Å². The summed E-state index contributed by atoms with van der Waals surface area (Å²) in [6.07, 6.45) is 1.83. The minimum absolute atomic E-state index is 0.00749. The Hall–Kier alpha value is -2.16. The van der Waals surface area contributed by atoms with Crippen LogP contribution in [-0.4, -0.2) is 51.7 Å². The molecule has 1 spiro atoms. The minimum Gasteiger partial charge on any atom is -0.472 e. The van der Waals surface area contributed by atoms with E-state index in [1.165, 1.54) is 12.5 Å². The molecule has 7 atom stereocenters. The lowest BCUT2D eigenvalue weighted by molar-refractivity contribution is -0.283. The molecule has 2 aliphatic carbocycles. The lowest BCUT2D eigenvalue weighted by Gasteiger charge is -2.63. The number of hydrogen-bond donors (Lipinski definition) is 3. The van der Waals surface area contributed by atoms with E-state index in [2.05, 4.69) is 0 Å². The maximum atomic E-state index is 12.9. The number of cyclic esters (lactones) is 2. The second-order valence-corrected chi connectivity index (χ2v) is 8.69. The highest BCUT2D eigenvalue weighted by atomic mass is 16.6. The number of rotatable bonds is 1. The Labute approximate surface area is 160 Å². The molecule has 28 heavy (non-hydrogen) atoms. The van der Waals surface area contributed by atoms with E-state index in [9.17, 15) is 24.9 Å². The van der Waals surface area contributed by atoms with Crippen LogP contribution in [0.2, 0.25) is 0 Å². The molecule has 3 fully saturated rings. The first-order chi connectivity index (χ1) is 13.2. The Morgan fingerprint density at radius 3 is 2.71 bits per heavy atom. The van der Waals surface area contributed by atoms with Gasteiger partial charge in [0, 0.05) is 27.9 Å². The highest BCUT2D eigenvalue weighted by Crippen LogP contribution is 2.67. The number of hydrogen-bond acceptors (Lipinski definition) is 8. The molecule has 0 aromatic carbocycles. The maximum Gasteiger partial charge on any atom is 0.342 e. The van der Waals surface area contributed by atoms with Gasteiger partial charge in [0.1, 0.15) is 12.7 Å². The number of esters is 2. The van der Waals surface area contributed by atoms with E-state index in [4.69, 9.17) is 13.9 Å². The summed E-state index contributed by atoms with van der Waals surface area (Å²) in [6, 6.07) is 1.67. The van der Waals surface area contributed by atoms with E-state index >= 15 is 0 Å². The Kier molecular flexibility index (Phi) is 3.49. The second kappa shape index (κ2) is 5.46. The fourth-order valence-electron chi connectivity index (χ4n) is 6.22. The van der Waals surface area contributed by atoms with Gasteiger partial charge < -0.3 is 29.2 Å². The zero-order valence-corrected chi connectivity index (χ0v) is 15.3. The molecule has 2 aliphatic heterocycles. The molecule has 2 unspecified atom stereocenters. The fraction of sp³-hybridized carbons (Fsp3) is 0.600. The van der Waals surface area contributed by atoms with Crippen LogP contribution in [0.15, 0.2) is 34.7 Å². The Bertz CT molecular complexity index is 875. The van der Waals surface area contributed by atoms with Crippen LogP contribution in [-0.2, 0) is 19.1 Å². The molecule has 8 heteroatoms. The quantitative estimate of drug-likeness (QED) is 0.596. The molecule has 1 saturated carbocycles. The summed E-state index contributed by atoms with van der Waals surface area (Å²) in [5.41, 5.74) is -3.35. The molecule has 2 saturated heterocycles. The third-order valence-corrected chi connectivity index (χ3v) is 7.44. The normalized spacial score (nSPS) is 47.4. The number of aliphatic hydroxyl groups is 3. The molecule has 8 nitrogen and oxygen atoms in total. The Morgan fingerprint density at radius 2 is 2.00 bits per heavy atom. The molecule has 0 amide bonds. The van der Waals surface area contributed by atoms with Crippen LogP contribution in [0.1, 0.15) is 37.9 Å². The van der Waals surface area contributed by atoms with Crippen molar-refractivity contribution in [2.24, 2.45) is 16.7 Å². The molecule has 0 bridgehead atoms. The first-order valence-corrected chi connectivity index (χ1v) is 9.43. The Balaban J connectivity index is 1.68. The van der Waals surface area contributed by atoms with Gasteiger partial charge in [0.25, 0.3) is 0 Å². The number of aliphatic hydroxyl groups excluding tert-OH is 2. The summed E-state index contributed by atoms with van der Waals surface area (Å²) in [5, 5.41) is 33.3. The van der Waals surface area contributed by atoms with Crippen LogP contribution in [0.5, 0.6) is 0 Å². The number of fused-ring (bicyclic) bond motifs is 2. The van der Waals surface area contributed by atoms with Crippen molar-refractivity contribution < 1.29 is 38.8 Å². The molecule has 3 N–H and O–H groups in total. The first kappa shape index (κ1) is 17.9. The predicted molar refractivity (Wildman–Crippen MR) is 91.4 cm³/mol. The van der Waals surface area contributed by atoms with Crippen molar-refractivity contribution in [3.63, 3.8) is 0 Å². The van der Waals surface area contributed by atoms with Gasteiger partial charge in [-0.2, -0.15) is 0 Å². The van der Waals surface area contributed by atoms with Crippen molar-refractivity contribution >= 4 is 11.9 Å².